The van der Waals surface area contributed by atoms with Crippen LogP contribution in [0.3, 0.4) is 0 Å². The first-order valence-electron chi connectivity index (χ1n) is 7.70. The van der Waals surface area contributed by atoms with E-state index in [0.29, 0.717) is 0 Å². The van der Waals surface area contributed by atoms with E-state index in [1.54, 1.807) is 0 Å². The minimum Gasteiger partial charge on any atom is -0.455 e. The third-order valence-corrected chi connectivity index (χ3v) is 3.78. The van der Waals surface area contributed by atoms with Crippen molar-refractivity contribution in [1.29, 1.82) is 0 Å². The molecule has 0 saturated heterocycles. The fourth-order valence-electron chi connectivity index (χ4n) is 2.67. The number of hydrogen-bond acceptors (Lipinski definition) is 4. The van der Waals surface area contributed by atoms with Gasteiger partial charge < -0.3 is 15.4 Å². The lowest BCUT2D eigenvalue weighted by Gasteiger charge is -2.14. The Balaban J connectivity index is 1.68. The molecule has 1 heterocycles. The summed E-state index contributed by atoms with van der Waals surface area (Å²) in [6.45, 7) is 1.67. The molecule has 0 aromatic heterocycles. The molecule has 4 heteroatoms. The van der Waals surface area contributed by atoms with E-state index in [4.69, 9.17) is 4.74 Å². The van der Waals surface area contributed by atoms with Crippen molar-refractivity contribution in [3.05, 3.63) is 66.7 Å². The Hall–Kier alpha value is -3.01. The Bertz CT molecular complexity index is 868. The number of nitrogens with zero attached hydrogens (tertiary/aromatic N) is 1. The number of para-hydroxylation sites is 2. The molecular formula is C19H17N3O. The van der Waals surface area contributed by atoms with Gasteiger partial charge in [0, 0.05) is 11.9 Å². The van der Waals surface area contributed by atoms with Crippen molar-refractivity contribution >= 4 is 22.4 Å². The molecule has 0 aliphatic carbocycles. The van der Waals surface area contributed by atoms with Crippen molar-refractivity contribution in [3.8, 4) is 11.5 Å². The lowest BCUT2D eigenvalue weighted by Crippen LogP contribution is -2.26. The molecule has 114 valence electrons. The molecule has 3 aromatic carbocycles. The number of anilines is 1. The minimum atomic E-state index is 0.778. The second-order valence-corrected chi connectivity index (χ2v) is 5.36. The highest BCUT2D eigenvalue weighted by molar-refractivity contribution is 5.96. The van der Waals surface area contributed by atoms with Gasteiger partial charge in [-0.05, 0) is 23.6 Å². The zero-order valence-corrected chi connectivity index (χ0v) is 12.6. The molecule has 0 saturated carbocycles. The van der Waals surface area contributed by atoms with Crippen LogP contribution in [0.5, 0.6) is 11.5 Å². The Morgan fingerprint density at radius 1 is 0.870 bits per heavy atom. The van der Waals surface area contributed by atoms with Crippen LogP contribution in [0.1, 0.15) is 0 Å². The average molecular weight is 303 g/mol. The van der Waals surface area contributed by atoms with E-state index in [9.17, 15) is 0 Å². The van der Waals surface area contributed by atoms with Gasteiger partial charge in [0.1, 0.15) is 5.75 Å². The molecule has 4 nitrogen and oxygen atoms in total. The maximum Gasteiger partial charge on any atom is 0.196 e. The number of hydrogen-bond donors (Lipinski definition) is 2. The normalized spacial score (nSPS) is 13.5. The third-order valence-electron chi connectivity index (χ3n) is 3.78. The van der Waals surface area contributed by atoms with E-state index < -0.39 is 0 Å². The van der Waals surface area contributed by atoms with Crippen molar-refractivity contribution < 1.29 is 4.74 Å². The van der Waals surface area contributed by atoms with Crippen LogP contribution in [-0.4, -0.2) is 19.0 Å². The highest BCUT2D eigenvalue weighted by atomic mass is 16.5. The van der Waals surface area contributed by atoms with E-state index in [-0.39, 0.29) is 0 Å². The maximum absolute atomic E-state index is 6.19. The molecule has 0 radical (unpaired) electrons. The fourth-order valence-corrected chi connectivity index (χ4v) is 2.67. The molecule has 4 rings (SSSR count). The lowest BCUT2D eigenvalue weighted by atomic mass is 10.1. The molecule has 0 atom stereocenters. The van der Waals surface area contributed by atoms with Crippen molar-refractivity contribution in [1.82, 2.24) is 5.32 Å². The van der Waals surface area contributed by atoms with E-state index in [2.05, 4.69) is 33.8 Å². The maximum atomic E-state index is 6.19. The van der Waals surface area contributed by atoms with Crippen LogP contribution in [0.25, 0.3) is 10.8 Å². The van der Waals surface area contributed by atoms with E-state index in [1.807, 2.05) is 48.5 Å². The summed E-state index contributed by atoms with van der Waals surface area (Å²) >= 11 is 0. The smallest absolute Gasteiger partial charge is 0.196 e. The SMILES string of the molecule is c1ccc(Oc2cccc3ccccc23)c(NC2=NCCN2)c1. The Kier molecular flexibility index (Phi) is 3.56. The van der Waals surface area contributed by atoms with Crippen LogP contribution in [0.4, 0.5) is 5.69 Å². The number of nitrogens with one attached hydrogen (secondary N) is 2. The second-order valence-electron chi connectivity index (χ2n) is 5.36. The highest BCUT2D eigenvalue weighted by Crippen LogP contribution is 2.33. The van der Waals surface area contributed by atoms with Gasteiger partial charge >= 0.3 is 0 Å². The van der Waals surface area contributed by atoms with Crippen LogP contribution >= 0.6 is 0 Å². The zero-order chi connectivity index (χ0) is 15.5. The summed E-state index contributed by atoms with van der Waals surface area (Å²) in [4.78, 5) is 4.37. The van der Waals surface area contributed by atoms with Gasteiger partial charge in [-0.1, -0.05) is 48.5 Å². The lowest BCUT2D eigenvalue weighted by molar-refractivity contribution is 0.490. The standard InChI is InChI=1S/C19H17N3O/c1-2-8-15-14(6-1)7-5-11-17(15)23-18-10-4-3-9-16(18)22-19-20-12-13-21-19/h1-11H,12-13H2,(H2,20,21,22). The van der Waals surface area contributed by atoms with Gasteiger partial charge in [-0.15, -0.1) is 0 Å². The molecule has 0 unspecified atom stereocenters. The minimum absolute atomic E-state index is 0.778. The predicted molar refractivity (Wildman–Crippen MR) is 94.4 cm³/mol. The molecule has 2 N–H and O–H groups in total. The Morgan fingerprint density at radius 2 is 1.65 bits per heavy atom. The van der Waals surface area contributed by atoms with Gasteiger partial charge in [-0.25, -0.2) is 0 Å². The highest BCUT2D eigenvalue weighted by Gasteiger charge is 2.10. The number of ether oxygens (including phenoxy) is 1. The topological polar surface area (TPSA) is 45.6 Å². The van der Waals surface area contributed by atoms with Gasteiger partial charge in [0.2, 0.25) is 0 Å². The Labute approximate surface area is 134 Å². The van der Waals surface area contributed by atoms with Crippen molar-refractivity contribution in [3.63, 3.8) is 0 Å². The molecule has 23 heavy (non-hydrogen) atoms. The van der Waals surface area contributed by atoms with E-state index >= 15 is 0 Å². The van der Waals surface area contributed by atoms with Crippen LogP contribution in [0.15, 0.2) is 71.7 Å². The van der Waals surface area contributed by atoms with Crippen LogP contribution in [-0.2, 0) is 0 Å². The number of rotatable bonds is 3. The monoisotopic (exact) mass is 303 g/mol. The van der Waals surface area contributed by atoms with E-state index in [0.717, 1.165) is 47.0 Å². The number of aliphatic imine (C=N–C) groups is 1. The fraction of sp³-hybridized carbons (Fsp3) is 0.105. The summed E-state index contributed by atoms with van der Waals surface area (Å²) in [5.74, 6) is 2.41. The first-order chi connectivity index (χ1) is 11.4. The number of benzene rings is 3. The van der Waals surface area contributed by atoms with Crippen LogP contribution < -0.4 is 15.4 Å². The third kappa shape index (κ3) is 2.83. The van der Waals surface area contributed by atoms with Crippen molar-refractivity contribution in [2.24, 2.45) is 4.99 Å². The molecule has 0 fully saturated rings. The average Bonchev–Trinajstić information content (AvgIpc) is 3.10. The molecule has 0 spiro atoms. The summed E-state index contributed by atoms with van der Waals surface area (Å²) in [5.41, 5.74) is 0.897. The van der Waals surface area contributed by atoms with E-state index in [1.165, 1.54) is 0 Å². The molecule has 0 bridgehead atoms. The number of guanidine groups is 1. The van der Waals surface area contributed by atoms with Gasteiger partial charge in [0.25, 0.3) is 0 Å². The summed E-state index contributed by atoms with van der Waals surface area (Å²) in [5, 5.41) is 8.76. The summed E-state index contributed by atoms with van der Waals surface area (Å²) < 4.78 is 6.19. The molecule has 3 aromatic rings. The zero-order valence-electron chi connectivity index (χ0n) is 12.6. The van der Waals surface area contributed by atoms with Crippen molar-refractivity contribution in [2.45, 2.75) is 0 Å². The number of fused-ring (bicyclic) bond motifs is 1. The van der Waals surface area contributed by atoms with Gasteiger partial charge in [0.05, 0.1) is 12.2 Å². The van der Waals surface area contributed by atoms with Crippen LogP contribution in [0.2, 0.25) is 0 Å². The first kappa shape index (κ1) is 13.6. The summed E-state index contributed by atoms with van der Waals surface area (Å²) in [6, 6.07) is 22.2. The molecular weight excluding hydrogens is 286 g/mol. The molecule has 1 aliphatic heterocycles. The van der Waals surface area contributed by atoms with Gasteiger partial charge in [-0.3, -0.25) is 4.99 Å². The van der Waals surface area contributed by atoms with Crippen LogP contribution in [0, 0.1) is 0 Å². The molecule has 0 amide bonds. The van der Waals surface area contributed by atoms with Gasteiger partial charge in [-0.2, -0.15) is 0 Å². The molecule has 1 aliphatic rings. The van der Waals surface area contributed by atoms with Crippen molar-refractivity contribution in [2.75, 3.05) is 18.4 Å². The Morgan fingerprint density at radius 3 is 2.57 bits per heavy atom. The predicted octanol–water partition coefficient (Wildman–Crippen LogP) is 4.00. The van der Waals surface area contributed by atoms with Gasteiger partial charge in [0.15, 0.2) is 11.7 Å². The quantitative estimate of drug-likeness (QED) is 0.768. The largest absolute Gasteiger partial charge is 0.455 e. The summed E-state index contributed by atoms with van der Waals surface area (Å²) in [7, 11) is 0. The second kappa shape index (κ2) is 6.01. The summed E-state index contributed by atoms with van der Waals surface area (Å²) in [6.07, 6.45) is 0. The first-order valence-corrected chi connectivity index (χ1v) is 7.70.